The number of fused-ring (bicyclic) bond motifs is 8. The zero-order valence-corrected chi connectivity index (χ0v) is 24.2. The minimum atomic E-state index is 0.642. The standard InChI is InChI=1S/C40H25N5/c1-3-11-27(12-4-1)38-42-39(28-13-5-2-6-14-28)44-40(43-38)29-21-19-26(20-22-29)30-23-24-35-41-36-33-17-9-7-15-31(33)32-16-8-10-18-34(32)37(36)45(35)25-30/h1-25H. The van der Waals surface area contributed by atoms with Crippen molar-refractivity contribution in [2.75, 3.05) is 0 Å². The molecule has 0 saturated heterocycles. The van der Waals surface area contributed by atoms with Gasteiger partial charge in [0, 0.05) is 33.7 Å². The van der Waals surface area contributed by atoms with Crippen molar-refractivity contribution >= 4 is 38.2 Å². The predicted molar refractivity (Wildman–Crippen MR) is 183 cm³/mol. The van der Waals surface area contributed by atoms with Gasteiger partial charge >= 0.3 is 0 Å². The Hall–Kier alpha value is -6.20. The van der Waals surface area contributed by atoms with Crippen LogP contribution >= 0.6 is 0 Å². The van der Waals surface area contributed by atoms with Crippen molar-refractivity contribution in [3.8, 4) is 45.3 Å². The van der Waals surface area contributed by atoms with Crippen molar-refractivity contribution in [2.45, 2.75) is 0 Å². The van der Waals surface area contributed by atoms with E-state index in [0.29, 0.717) is 17.5 Å². The van der Waals surface area contributed by atoms with Gasteiger partial charge in [-0.3, -0.25) is 4.40 Å². The van der Waals surface area contributed by atoms with Gasteiger partial charge in [0.15, 0.2) is 17.5 Å². The Morgan fingerprint density at radius 2 is 0.778 bits per heavy atom. The second-order valence-corrected chi connectivity index (χ2v) is 11.2. The third-order valence-electron chi connectivity index (χ3n) is 8.45. The molecule has 3 aromatic heterocycles. The molecule has 0 aliphatic carbocycles. The number of rotatable bonds is 4. The molecule has 9 rings (SSSR count). The monoisotopic (exact) mass is 575 g/mol. The van der Waals surface area contributed by atoms with Crippen LogP contribution in [-0.2, 0) is 0 Å². The molecule has 0 fully saturated rings. The van der Waals surface area contributed by atoms with Crippen LogP contribution in [0.5, 0.6) is 0 Å². The molecular weight excluding hydrogens is 550 g/mol. The smallest absolute Gasteiger partial charge is 0.164 e. The molecule has 0 amide bonds. The maximum Gasteiger partial charge on any atom is 0.164 e. The van der Waals surface area contributed by atoms with Crippen LogP contribution in [-0.4, -0.2) is 24.3 Å². The highest BCUT2D eigenvalue weighted by molar-refractivity contribution is 6.24. The summed E-state index contributed by atoms with van der Waals surface area (Å²) in [5.41, 5.74) is 8.14. The van der Waals surface area contributed by atoms with E-state index in [0.717, 1.165) is 44.5 Å². The van der Waals surface area contributed by atoms with E-state index in [4.69, 9.17) is 19.9 Å². The van der Waals surface area contributed by atoms with Crippen LogP contribution in [0.15, 0.2) is 152 Å². The van der Waals surface area contributed by atoms with Crippen LogP contribution in [0, 0.1) is 0 Å². The van der Waals surface area contributed by atoms with Gasteiger partial charge in [-0.1, -0.05) is 133 Å². The van der Waals surface area contributed by atoms with Gasteiger partial charge in [-0.2, -0.15) is 0 Å². The lowest BCUT2D eigenvalue weighted by atomic mass is 10.00. The minimum Gasteiger partial charge on any atom is -0.298 e. The Kier molecular flexibility index (Phi) is 5.74. The molecule has 0 N–H and O–H groups in total. The van der Waals surface area contributed by atoms with Gasteiger partial charge in [0.1, 0.15) is 5.65 Å². The largest absolute Gasteiger partial charge is 0.298 e. The van der Waals surface area contributed by atoms with Crippen molar-refractivity contribution in [3.63, 3.8) is 0 Å². The van der Waals surface area contributed by atoms with Gasteiger partial charge < -0.3 is 0 Å². The molecule has 3 heterocycles. The lowest BCUT2D eigenvalue weighted by Crippen LogP contribution is -2.00. The number of pyridine rings is 1. The lowest BCUT2D eigenvalue weighted by Gasteiger charge is -2.10. The Bertz CT molecular complexity index is 2460. The van der Waals surface area contributed by atoms with Gasteiger partial charge in [0.25, 0.3) is 0 Å². The predicted octanol–water partition coefficient (Wildman–Crippen LogP) is 9.65. The summed E-state index contributed by atoms with van der Waals surface area (Å²) in [7, 11) is 0. The molecule has 0 unspecified atom stereocenters. The van der Waals surface area contributed by atoms with Gasteiger partial charge in [-0.25, -0.2) is 19.9 Å². The quantitative estimate of drug-likeness (QED) is 0.196. The molecule has 5 heteroatoms. The number of aromatic nitrogens is 5. The first-order chi connectivity index (χ1) is 22.3. The summed E-state index contributed by atoms with van der Waals surface area (Å²) in [6.07, 6.45) is 2.20. The molecule has 5 nitrogen and oxygen atoms in total. The van der Waals surface area contributed by atoms with Gasteiger partial charge in [0.2, 0.25) is 0 Å². The van der Waals surface area contributed by atoms with Crippen molar-refractivity contribution < 1.29 is 0 Å². The van der Waals surface area contributed by atoms with E-state index in [1.54, 1.807) is 0 Å². The first-order valence-electron chi connectivity index (χ1n) is 15.0. The molecule has 0 aliphatic heterocycles. The lowest BCUT2D eigenvalue weighted by molar-refractivity contribution is 1.07. The van der Waals surface area contributed by atoms with Crippen LogP contribution < -0.4 is 0 Å². The summed E-state index contributed by atoms with van der Waals surface area (Å²) in [5, 5.41) is 4.83. The highest BCUT2D eigenvalue weighted by Gasteiger charge is 2.15. The summed E-state index contributed by atoms with van der Waals surface area (Å²) in [6.45, 7) is 0. The fraction of sp³-hybridized carbons (Fsp3) is 0. The Morgan fingerprint density at radius 1 is 0.333 bits per heavy atom. The molecular formula is C40H25N5. The summed E-state index contributed by atoms with van der Waals surface area (Å²) < 4.78 is 2.23. The highest BCUT2D eigenvalue weighted by Crippen LogP contribution is 2.36. The molecule has 0 aliphatic rings. The molecule has 0 radical (unpaired) electrons. The van der Waals surface area contributed by atoms with E-state index < -0.39 is 0 Å². The van der Waals surface area contributed by atoms with Gasteiger partial charge in [-0.05, 0) is 34.0 Å². The molecule has 6 aromatic carbocycles. The third kappa shape index (κ3) is 4.25. The molecule has 210 valence electrons. The van der Waals surface area contributed by atoms with Crippen LogP contribution in [0.4, 0.5) is 0 Å². The number of nitrogens with zero attached hydrogens (tertiary/aromatic N) is 5. The first-order valence-corrected chi connectivity index (χ1v) is 15.0. The van der Waals surface area contributed by atoms with Gasteiger partial charge in [-0.15, -0.1) is 0 Å². The summed E-state index contributed by atoms with van der Waals surface area (Å²) >= 11 is 0. The molecule has 45 heavy (non-hydrogen) atoms. The number of hydrogen-bond acceptors (Lipinski definition) is 4. The van der Waals surface area contributed by atoms with Crippen LogP contribution in [0.25, 0.3) is 83.5 Å². The van der Waals surface area contributed by atoms with Crippen molar-refractivity contribution in [3.05, 3.63) is 152 Å². The maximum absolute atomic E-state index is 5.09. The topological polar surface area (TPSA) is 56.0 Å². The number of hydrogen-bond donors (Lipinski definition) is 0. The highest BCUT2D eigenvalue weighted by atomic mass is 15.0. The average Bonchev–Trinajstić information content (AvgIpc) is 3.52. The molecule has 0 spiro atoms. The van der Waals surface area contributed by atoms with Crippen LogP contribution in [0.1, 0.15) is 0 Å². The fourth-order valence-corrected chi connectivity index (χ4v) is 6.26. The summed E-state index contributed by atoms with van der Waals surface area (Å²) in [4.78, 5) is 19.7. The normalized spacial score (nSPS) is 11.6. The third-order valence-corrected chi connectivity index (χ3v) is 8.45. The molecule has 9 aromatic rings. The fourth-order valence-electron chi connectivity index (χ4n) is 6.26. The van der Waals surface area contributed by atoms with Crippen molar-refractivity contribution in [1.82, 2.24) is 24.3 Å². The van der Waals surface area contributed by atoms with E-state index in [9.17, 15) is 0 Å². The van der Waals surface area contributed by atoms with E-state index in [1.165, 1.54) is 21.5 Å². The Labute approximate surface area is 259 Å². The van der Waals surface area contributed by atoms with Gasteiger partial charge in [0.05, 0.1) is 11.0 Å². The second kappa shape index (κ2) is 10.2. The second-order valence-electron chi connectivity index (χ2n) is 11.2. The molecule has 0 saturated carbocycles. The summed E-state index contributed by atoms with van der Waals surface area (Å²) in [6, 6.07) is 50.0. The van der Waals surface area contributed by atoms with Crippen molar-refractivity contribution in [1.29, 1.82) is 0 Å². The van der Waals surface area contributed by atoms with E-state index in [2.05, 4.69) is 95.5 Å². The van der Waals surface area contributed by atoms with E-state index >= 15 is 0 Å². The first kappa shape index (κ1) is 25.3. The SMILES string of the molecule is c1ccc(-c2nc(-c3ccccc3)nc(-c3ccc(-c4ccc5nc6c7ccccc7c7ccccc7c6n5c4)cc3)n2)cc1. The number of imidazole rings is 1. The summed E-state index contributed by atoms with van der Waals surface area (Å²) in [5.74, 6) is 1.95. The minimum absolute atomic E-state index is 0.642. The zero-order valence-electron chi connectivity index (χ0n) is 24.2. The molecule has 0 bridgehead atoms. The van der Waals surface area contributed by atoms with E-state index in [-0.39, 0.29) is 0 Å². The average molecular weight is 576 g/mol. The van der Waals surface area contributed by atoms with E-state index in [1.807, 2.05) is 60.7 Å². The Morgan fingerprint density at radius 3 is 1.38 bits per heavy atom. The van der Waals surface area contributed by atoms with Crippen LogP contribution in [0.3, 0.4) is 0 Å². The maximum atomic E-state index is 5.09. The molecule has 0 atom stereocenters. The zero-order chi connectivity index (χ0) is 29.7. The Balaban J connectivity index is 1.16. The number of benzene rings is 6. The van der Waals surface area contributed by atoms with Crippen molar-refractivity contribution in [2.24, 2.45) is 0 Å². The van der Waals surface area contributed by atoms with Crippen LogP contribution in [0.2, 0.25) is 0 Å².